The fourth-order valence-corrected chi connectivity index (χ4v) is 1.16. The first-order chi connectivity index (χ1) is 4.83. The molecule has 0 bridgehead atoms. The van der Waals surface area contributed by atoms with E-state index in [1.54, 1.807) is 0 Å². The van der Waals surface area contributed by atoms with E-state index in [4.69, 9.17) is 10.8 Å². The van der Waals surface area contributed by atoms with Crippen LogP contribution in [0.4, 0.5) is 0 Å². The van der Waals surface area contributed by atoms with Crippen LogP contribution in [-0.4, -0.2) is 16.6 Å². The molecule has 0 aromatic heterocycles. The summed E-state index contributed by atoms with van der Waals surface area (Å²) in [5.41, 5.74) is 4.64. The Hall–Kier alpha value is -0.570. The van der Waals surface area contributed by atoms with Crippen LogP contribution >= 0.6 is 0 Å². The zero-order valence-corrected chi connectivity index (χ0v) is 7.59. The first-order valence-corrected chi connectivity index (χ1v) is 3.85. The molecule has 66 valence electrons. The largest absolute Gasteiger partial charge is 0.480 e. The fraction of sp³-hybridized carbons (Fsp3) is 0.875. The van der Waals surface area contributed by atoms with Gasteiger partial charge in [0.15, 0.2) is 0 Å². The smallest absolute Gasteiger partial charge is 0.324 e. The number of carboxylic acids is 1. The van der Waals surface area contributed by atoms with Gasteiger partial charge in [0.05, 0.1) is 0 Å². The summed E-state index contributed by atoms with van der Waals surface area (Å²) in [6.45, 7) is 7.31. The van der Waals surface area contributed by atoms with Crippen LogP contribution in [-0.2, 0) is 4.79 Å². The van der Waals surface area contributed by atoms with E-state index >= 15 is 0 Å². The zero-order chi connectivity index (χ0) is 9.23. The lowest BCUT2D eigenvalue weighted by atomic mass is 9.78. The normalized spacial score (nSPS) is 12.6. The van der Waals surface area contributed by atoms with Crippen molar-refractivity contribution >= 4 is 5.97 Å². The van der Waals surface area contributed by atoms with Gasteiger partial charge in [0.2, 0.25) is 0 Å². The van der Waals surface area contributed by atoms with E-state index in [1.165, 1.54) is 0 Å². The van der Waals surface area contributed by atoms with Crippen LogP contribution in [0.15, 0.2) is 0 Å². The minimum absolute atomic E-state index is 0.0417. The van der Waals surface area contributed by atoms with Crippen molar-refractivity contribution < 1.29 is 9.90 Å². The minimum atomic E-state index is -1.08. The van der Waals surface area contributed by atoms with E-state index in [2.05, 4.69) is 0 Å². The molecule has 0 radical (unpaired) electrons. The lowest BCUT2D eigenvalue weighted by molar-refractivity contribution is -0.147. The Morgan fingerprint density at radius 2 is 1.55 bits per heavy atom. The third kappa shape index (κ3) is 1.71. The second kappa shape index (κ2) is 3.22. The van der Waals surface area contributed by atoms with Gasteiger partial charge < -0.3 is 10.8 Å². The Bertz CT molecular complexity index is 144. The van der Waals surface area contributed by atoms with Gasteiger partial charge in [0.1, 0.15) is 5.54 Å². The first-order valence-electron chi connectivity index (χ1n) is 3.85. The summed E-state index contributed by atoms with van der Waals surface area (Å²) >= 11 is 0. The summed E-state index contributed by atoms with van der Waals surface area (Å²) in [6, 6.07) is 0. The highest BCUT2D eigenvalue weighted by molar-refractivity contribution is 5.79. The van der Waals surface area contributed by atoms with Crippen LogP contribution in [0, 0.1) is 11.8 Å². The molecule has 3 N–H and O–H groups in total. The van der Waals surface area contributed by atoms with Gasteiger partial charge in [-0.05, 0) is 11.8 Å². The van der Waals surface area contributed by atoms with Gasteiger partial charge in [0, 0.05) is 0 Å². The van der Waals surface area contributed by atoms with E-state index in [1.807, 2.05) is 27.7 Å². The third-order valence-electron chi connectivity index (χ3n) is 2.28. The summed E-state index contributed by atoms with van der Waals surface area (Å²) < 4.78 is 0. The van der Waals surface area contributed by atoms with E-state index in [9.17, 15) is 4.79 Å². The van der Waals surface area contributed by atoms with Gasteiger partial charge in [-0.2, -0.15) is 0 Å². The summed E-state index contributed by atoms with van der Waals surface area (Å²) in [6.07, 6.45) is 0. The molecule has 0 unspecified atom stereocenters. The topological polar surface area (TPSA) is 63.3 Å². The van der Waals surface area contributed by atoms with Crippen molar-refractivity contribution in [2.75, 3.05) is 0 Å². The molecule has 0 saturated heterocycles. The number of aliphatic carboxylic acids is 1. The highest BCUT2D eigenvalue weighted by Gasteiger charge is 2.40. The Morgan fingerprint density at radius 3 is 1.55 bits per heavy atom. The molecule has 0 saturated carbocycles. The third-order valence-corrected chi connectivity index (χ3v) is 2.28. The molecule has 0 aliphatic heterocycles. The van der Waals surface area contributed by atoms with Crippen molar-refractivity contribution in [2.24, 2.45) is 17.6 Å². The Labute approximate surface area is 67.6 Å². The molecule has 3 nitrogen and oxygen atoms in total. The molecule has 0 spiro atoms. The quantitative estimate of drug-likeness (QED) is 0.647. The van der Waals surface area contributed by atoms with Gasteiger partial charge in [0.25, 0.3) is 0 Å². The molecule has 0 atom stereocenters. The van der Waals surface area contributed by atoms with Gasteiger partial charge >= 0.3 is 5.97 Å². The lowest BCUT2D eigenvalue weighted by Crippen LogP contribution is -2.56. The Kier molecular flexibility index (Phi) is 3.05. The van der Waals surface area contributed by atoms with Crippen LogP contribution in [0.3, 0.4) is 0 Å². The molecule has 0 rings (SSSR count). The molecule has 0 aromatic carbocycles. The molecule has 0 fully saturated rings. The average molecular weight is 159 g/mol. The molecule has 0 amide bonds. The zero-order valence-electron chi connectivity index (χ0n) is 7.59. The summed E-state index contributed by atoms with van der Waals surface area (Å²) in [7, 11) is 0. The number of carbonyl (C=O) groups is 1. The van der Waals surface area contributed by atoms with Crippen LogP contribution in [0.5, 0.6) is 0 Å². The van der Waals surface area contributed by atoms with Crippen molar-refractivity contribution in [1.82, 2.24) is 0 Å². The van der Waals surface area contributed by atoms with E-state index in [0.717, 1.165) is 0 Å². The number of hydrogen-bond acceptors (Lipinski definition) is 2. The summed E-state index contributed by atoms with van der Waals surface area (Å²) in [4.78, 5) is 10.8. The van der Waals surface area contributed by atoms with Crippen molar-refractivity contribution in [2.45, 2.75) is 33.2 Å². The van der Waals surface area contributed by atoms with Crippen LogP contribution < -0.4 is 5.73 Å². The van der Waals surface area contributed by atoms with E-state index in [-0.39, 0.29) is 11.8 Å². The second-order valence-electron chi connectivity index (χ2n) is 3.55. The van der Waals surface area contributed by atoms with Gasteiger partial charge in [-0.25, -0.2) is 0 Å². The number of rotatable bonds is 3. The van der Waals surface area contributed by atoms with Crippen LogP contribution in [0.25, 0.3) is 0 Å². The van der Waals surface area contributed by atoms with E-state index < -0.39 is 11.5 Å². The second-order valence-corrected chi connectivity index (χ2v) is 3.55. The molecule has 0 aromatic rings. The van der Waals surface area contributed by atoms with Crippen molar-refractivity contribution in [3.63, 3.8) is 0 Å². The van der Waals surface area contributed by atoms with Crippen LogP contribution in [0.1, 0.15) is 27.7 Å². The van der Waals surface area contributed by atoms with Crippen molar-refractivity contribution in [3.8, 4) is 0 Å². The maximum absolute atomic E-state index is 10.8. The van der Waals surface area contributed by atoms with Gasteiger partial charge in [-0.15, -0.1) is 0 Å². The first kappa shape index (κ1) is 10.4. The molecule has 0 heterocycles. The molecule has 0 aliphatic rings. The maximum atomic E-state index is 10.8. The predicted molar refractivity (Wildman–Crippen MR) is 44.2 cm³/mol. The van der Waals surface area contributed by atoms with E-state index in [0.29, 0.717) is 0 Å². The molecule has 11 heavy (non-hydrogen) atoms. The van der Waals surface area contributed by atoms with Gasteiger partial charge in [-0.3, -0.25) is 4.79 Å². The summed E-state index contributed by atoms with van der Waals surface area (Å²) in [5, 5.41) is 8.85. The number of nitrogens with two attached hydrogens (primary N) is 1. The van der Waals surface area contributed by atoms with Crippen molar-refractivity contribution in [3.05, 3.63) is 0 Å². The highest BCUT2D eigenvalue weighted by atomic mass is 16.4. The van der Waals surface area contributed by atoms with Crippen LogP contribution in [0.2, 0.25) is 0 Å². The number of carboxylic acid groups (broad SMARTS) is 1. The monoisotopic (exact) mass is 159 g/mol. The highest BCUT2D eigenvalue weighted by Crippen LogP contribution is 2.23. The fourth-order valence-electron chi connectivity index (χ4n) is 1.16. The molecular formula is C8H17NO2. The summed E-state index contributed by atoms with van der Waals surface area (Å²) in [5.74, 6) is -0.998. The van der Waals surface area contributed by atoms with Gasteiger partial charge in [-0.1, -0.05) is 27.7 Å². The standard InChI is InChI=1S/C8H17NO2/c1-5(2)8(9,6(3)4)7(10)11/h5-6H,9H2,1-4H3,(H,10,11). The molecule has 3 heteroatoms. The Balaban J connectivity index is 4.67. The number of hydrogen-bond donors (Lipinski definition) is 2. The predicted octanol–water partition coefficient (Wildman–Crippen LogP) is 1.08. The molecule has 0 aliphatic carbocycles. The average Bonchev–Trinajstić information content (AvgIpc) is 1.84. The van der Waals surface area contributed by atoms with Crippen molar-refractivity contribution in [1.29, 1.82) is 0 Å². The lowest BCUT2D eigenvalue weighted by Gasteiger charge is -2.32. The SMILES string of the molecule is CC(C)C(N)(C(=O)O)C(C)C. The molecular weight excluding hydrogens is 142 g/mol. The minimum Gasteiger partial charge on any atom is -0.480 e. The Morgan fingerprint density at radius 1 is 1.27 bits per heavy atom. The maximum Gasteiger partial charge on any atom is 0.324 e.